The van der Waals surface area contributed by atoms with Crippen LogP contribution in [0.2, 0.25) is 0 Å². The van der Waals surface area contributed by atoms with Gasteiger partial charge in [-0.15, -0.1) is 0 Å². The molecule has 1 aromatic rings. The second kappa shape index (κ2) is 6.38. The van der Waals surface area contributed by atoms with Crippen molar-refractivity contribution in [2.45, 2.75) is 13.8 Å². The Morgan fingerprint density at radius 2 is 1.46 bits per heavy atom. The van der Waals surface area contributed by atoms with Crippen molar-refractivity contribution in [3.8, 4) is 0 Å². The van der Waals surface area contributed by atoms with Crippen molar-refractivity contribution >= 4 is 22.6 Å². The molecule has 0 bridgehead atoms. The Labute approximate surface area is 82.5 Å². The van der Waals surface area contributed by atoms with Crippen molar-refractivity contribution in [3.05, 3.63) is 35.9 Å². The summed E-state index contributed by atoms with van der Waals surface area (Å²) < 4.78 is 0. The maximum absolute atomic E-state index is 10.4. The number of hydrogen-bond acceptors (Lipinski definition) is 2. The van der Waals surface area contributed by atoms with Crippen LogP contribution in [0.3, 0.4) is 0 Å². The molecule has 0 saturated carbocycles. The number of halogens is 1. The minimum atomic E-state index is -0.407. The molecule has 0 fully saturated rings. The SMILES string of the molecule is CC(C)=O.O=C(Cl)c1ccccc1. The van der Waals surface area contributed by atoms with E-state index in [4.69, 9.17) is 11.6 Å². The summed E-state index contributed by atoms with van der Waals surface area (Å²) in [6, 6.07) is 8.74. The predicted molar refractivity (Wildman–Crippen MR) is 53.0 cm³/mol. The highest BCUT2D eigenvalue weighted by Gasteiger charge is 1.95. The van der Waals surface area contributed by atoms with Crippen LogP contribution >= 0.6 is 11.6 Å². The molecule has 0 saturated heterocycles. The van der Waals surface area contributed by atoms with Crippen molar-refractivity contribution in [2.24, 2.45) is 0 Å². The Hall–Kier alpha value is -1.15. The molecule has 0 heterocycles. The molecule has 2 nitrogen and oxygen atoms in total. The Bertz CT molecular complexity index is 276. The van der Waals surface area contributed by atoms with Crippen molar-refractivity contribution in [1.82, 2.24) is 0 Å². The Morgan fingerprint density at radius 3 is 1.69 bits per heavy atom. The zero-order valence-corrected chi connectivity index (χ0v) is 8.34. The smallest absolute Gasteiger partial charge is 0.252 e. The molecule has 0 spiro atoms. The summed E-state index contributed by atoms with van der Waals surface area (Å²) in [7, 11) is 0. The molecule has 70 valence electrons. The summed E-state index contributed by atoms with van der Waals surface area (Å²) >= 11 is 5.16. The van der Waals surface area contributed by atoms with E-state index >= 15 is 0 Å². The summed E-state index contributed by atoms with van der Waals surface area (Å²) in [6.45, 7) is 3.06. The van der Waals surface area contributed by atoms with Gasteiger partial charge in [0.05, 0.1) is 0 Å². The molecule has 13 heavy (non-hydrogen) atoms. The number of hydrogen-bond donors (Lipinski definition) is 0. The number of benzene rings is 1. The number of carbonyl (C=O) groups is 2. The van der Waals surface area contributed by atoms with Crippen LogP contribution in [0.1, 0.15) is 24.2 Å². The highest BCUT2D eigenvalue weighted by atomic mass is 35.5. The Balaban J connectivity index is 0.000000310. The number of Topliss-reactive ketones (excluding diaryl/α,β-unsaturated/α-hetero) is 1. The highest BCUT2D eigenvalue weighted by Crippen LogP contribution is 2.01. The van der Waals surface area contributed by atoms with Crippen LogP contribution in [0, 0.1) is 0 Å². The lowest BCUT2D eigenvalue weighted by atomic mass is 10.2. The van der Waals surface area contributed by atoms with E-state index in [9.17, 15) is 9.59 Å². The normalized spacial score (nSPS) is 8.23. The second-order valence-electron chi connectivity index (χ2n) is 2.55. The molecule has 1 aromatic carbocycles. The molecule has 0 N–H and O–H groups in total. The number of carbonyl (C=O) groups excluding carboxylic acids is 2. The van der Waals surface area contributed by atoms with Gasteiger partial charge in [0.1, 0.15) is 5.78 Å². The molecule has 0 radical (unpaired) electrons. The van der Waals surface area contributed by atoms with Crippen molar-refractivity contribution < 1.29 is 9.59 Å². The van der Waals surface area contributed by atoms with Crippen LogP contribution in [-0.2, 0) is 4.79 Å². The van der Waals surface area contributed by atoms with Crippen LogP contribution in [0.5, 0.6) is 0 Å². The van der Waals surface area contributed by atoms with Gasteiger partial charge in [-0.3, -0.25) is 4.79 Å². The van der Waals surface area contributed by atoms with E-state index in [2.05, 4.69) is 0 Å². The van der Waals surface area contributed by atoms with Gasteiger partial charge in [-0.1, -0.05) is 30.3 Å². The Morgan fingerprint density at radius 1 is 1.08 bits per heavy atom. The van der Waals surface area contributed by atoms with Gasteiger partial charge in [0.25, 0.3) is 5.24 Å². The fourth-order valence-corrected chi connectivity index (χ4v) is 0.695. The zero-order valence-electron chi connectivity index (χ0n) is 7.58. The van der Waals surface area contributed by atoms with Crippen LogP contribution in [-0.4, -0.2) is 11.0 Å². The lowest BCUT2D eigenvalue weighted by Crippen LogP contribution is -1.84. The van der Waals surface area contributed by atoms with E-state index in [0.29, 0.717) is 5.56 Å². The first kappa shape index (κ1) is 11.8. The summed E-state index contributed by atoms with van der Waals surface area (Å²) in [6.07, 6.45) is 0. The van der Waals surface area contributed by atoms with E-state index < -0.39 is 5.24 Å². The maximum atomic E-state index is 10.4. The summed E-state index contributed by atoms with van der Waals surface area (Å²) in [4.78, 5) is 19.9. The number of ketones is 1. The molecule has 0 aliphatic carbocycles. The van der Waals surface area contributed by atoms with Crippen LogP contribution in [0.15, 0.2) is 30.3 Å². The first-order chi connectivity index (χ1) is 6.04. The molecule has 0 atom stereocenters. The second-order valence-corrected chi connectivity index (χ2v) is 2.89. The van der Waals surface area contributed by atoms with Crippen LogP contribution in [0.25, 0.3) is 0 Å². The Kier molecular flexibility index (Phi) is 5.81. The minimum absolute atomic E-state index is 0.167. The lowest BCUT2D eigenvalue weighted by Gasteiger charge is -1.87. The van der Waals surface area contributed by atoms with Gasteiger partial charge in [0.2, 0.25) is 0 Å². The zero-order chi connectivity index (χ0) is 10.3. The topological polar surface area (TPSA) is 34.1 Å². The van der Waals surface area contributed by atoms with Gasteiger partial charge >= 0.3 is 0 Å². The maximum Gasteiger partial charge on any atom is 0.252 e. The molecule has 0 aliphatic rings. The number of rotatable bonds is 1. The van der Waals surface area contributed by atoms with Crippen LogP contribution in [0.4, 0.5) is 0 Å². The third-order valence-electron chi connectivity index (χ3n) is 1.00. The summed E-state index contributed by atoms with van der Waals surface area (Å²) in [5.41, 5.74) is 0.541. The third-order valence-corrected chi connectivity index (χ3v) is 1.22. The van der Waals surface area contributed by atoms with Gasteiger partial charge in [-0.2, -0.15) is 0 Å². The standard InChI is InChI=1S/C7H5ClO.C3H6O/c8-7(9)6-4-2-1-3-5-6;1-3(2)4/h1-5H;1-2H3. The van der Waals surface area contributed by atoms with Gasteiger partial charge in [0, 0.05) is 5.56 Å². The summed E-state index contributed by atoms with van der Waals surface area (Å²) in [5.74, 6) is 0.167. The highest BCUT2D eigenvalue weighted by molar-refractivity contribution is 6.67. The van der Waals surface area contributed by atoms with E-state index in [0.717, 1.165) is 0 Å². The van der Waals surface area contributed by atoms with Crippen molar-refractivity contribution in [2.75, 3.05) is 0 Å². The first-order valence-electron chi connectivity index (χ1n) is 3.76. The van der Waals surface area contributed by atoms with E-state index in [1.165, 1.54) is 13.8 Å². The molecule has 0 aliphatic heterocycles. The molecule has 0 unspecified atom stereocenters. The van der Waals surface area contributed by atoms with Gasteiger partial charge in [-0.25, -0.2) is 0 Å². The summed E-state index contributed by atoms with van der Waals surface area (Å²) in [5, 5.41) is -0.407. The third kappa shape index (κ3) is 7.22. The lowest BCUT2D eigenvalue weighted by molar-refractivity contribution is -0.114. The molecular weight excluding hydrogens is 188 g/mol. The van der Waals surface area contributed by atoms with Gasteiger partial charge in [0.15, 0.2) is 0 Å². The van der Waals surface area contributed by atoms with Crippen molar-refractivity contribution in [3.63, 3.8) is 0 Å². The van der Waals surface area contributed by atoms with Crippen LogP contribution < -0.4 is 0 Å². The first-order valence-corrected chi connectivity index (χ1v) is 4.14. The fourth-order valence-electron chi connectivity index (χ4n) is 0.569. The van der Waals surface area contributed by atoms with E-state index in [-0.39, 0.29) is 5.78 Å². The average Bonchev–Trinajstić information content (AvgIpc) is 2.05. The van der Waals surface area contributed by atoms with Crippen molar-refractivity contribution in [1.29, 1.82) is 0 Å². The minimum Gasteiger partial charge on any atom is -0.300 e. The fraction of sp³-hybridized carbons (Fsp3) is 0.200. The largest absolute Gasteiger partial charge is 0.300 e. The molecule has 0 aromatic heterocycles. The molecule has 1 rings (SSSR count). The average molecular weight is 199 g/mol. The van der Waals surface area contributed by atoms with Gasteiger partial charge < -0.3 is 4.79 Å². The molecule has 3 heteroatoms. The van der Waals surface area contributed by atoms with E-state index in [1.54, 1.807) is 24.3 Å². The molecule has 0 amide bonds. The molecular formula is C10H11ClO2. The monoisotopic (exact) mass is 198 g/mol. The predicted octanol–water partition coefficient (Wildman–Crippen LogP) is 2.66. The quantitative estimate of drug-likeness (QED) is 0.651. The van der Waals surface area contributed by atoms with Gasteiger partial charge in [-0.05, 0) is 25.4 Å². The van der Waals surface area contributed by atoms with E-state index in [1.807, 2.05) is 6.07 Å².